The molecule has 1 atom stereocenters. The van der Waals surface area contributed by atoms with E-state index in [4.69, 9.17) is 0 Å². The van der Waals surface area contributed by atoms with Gasteiger partial charge in [0.1, 0.15) is 0 Å². The summed E-state index contributed by atoms with van der Waals surface area (Å²) >= 11 is 0. The monoisotopic (exact) mass is 272 g/mol. The van der Waals surface area contributed by atoms with Crippen molar-refractivity contribution in [1.82, 2.24) is 10.3 Å². The average Bonchev–Trinajstić information content (AvgIpc) is 2.45. The Hall–Kier alpha value is -2.89. The Labute approximate surface area is 114 Å². The third-order valence-electron chi connectivity index (χ3n) is 2.69. The number of aromatic nitrogens is 1. The van der Waals surface area contributed by atoms with Crippen LogP contribution in [0.4, 0.5) is 0 Å². The van der Waals surface area contributed by atoms with E-state index in [2.05, 4.69) is 10.3 Å². The maximum absolute atomic E-state index is 12.0. The zero-order chi connectivity index (χ0) is 14.5. The lowest BCUT2D eigenvalue weighted by Gasteiger charge is -2.14. The molecule has 0 aliphatic heterocycles. The summed E-state index contributed by atoms with van der Waals surface area (Å²) in [6.07, 6.45) is 1.33. The van der Waals surface area contributed by atoms with Crippen LogP contribution in [0, 0.1) is 0 Å². The van der Waals surface area contributed by atoms with Crippen molar-refractivity contribution in [3.05, 3.63) is 70.1 Å². The Bertz CT molecular complexity index is 679. The zero-order valence-corrected chi connectivity index (χ0v) is 10.4. The minimum absolute atomic E-state index is 0.107. The van der Waals surface area contributed by atoms with Crippen LogP contribution >= 0.6 is 0 Å². The first-order valence-electron chi connectivity index (χ1n) is 5.85. The molecular formula is C14H12N2O4. The molecule has 0 aliphatic rings. The lowest BCUT2D eigenvalue weighted by Crippen LogP contribution is -2.34. The minimum atomic E-state index is -1.17. The van der Waals surface area contributed by atoms with Gasteiger partial charge in [0.15, 0.2) is 6.04 Å². The fraction of sp³-hybridized carbons (Fsp3) is 0.0714. The molecule has 20 heavy (non-hydrogen) atoms. The van der Waals surface area contributed by atoms with E-state index in [9.17, 15) is 19.5 Å². The van der Waals surface area contributed by atoms with Crippen LogP contribution in [-0.2, 0) is 4.79 Å². The molecule has 1 heterocycles. The summed E-state index contributed by atoms with van der Waals surface area (Å²) in [6, 6.07) is 9.69. The molecule has 1 amide bonds. The summed E-state index contributed by atoms with van der Waals surface area (Å²) < 4.78 is 0. The summed E-state index contributed by atoms with van der Waals surface area (Å²) in [4.78, 5) is 36.7. The molecule has 1 aromatic heterocycles. The summed E-state index contributed by atoms with van der Waals surface area (Å²) in [6.45, 7) is 0. The number of carboxylic acid groups (broad SMARTS) is 1. The van der Waals surface area contributed by atoms with E-state index in [1.54, 1.807) is 30.3 Å². The Balaban J connectivity index is 2.23. The number of carboxylic acids is 1. The summed E-state index contributed by atoms with van der Waals surface area (Å²) in [7, 11) is 0. The van der Waals surface area contributed by atoms with Crippen molar-refractivity contribution < 1.29 is 14.7 Å². The van der Waals surface area contributed by atoms with Gasteiger partial charge in [-0.2, -0.15) is 0 Å². The van der Waals surface area contributed by atoms with E-state index in [1.807, 2.05) is 0 Å². The van der Waals surface area contributed by atoms with Gasteiger partial charge in [0.05, 0.1) is 0 Å². The van der Waals surface area contributed by atoms with Crippen molar-refractivity contribution in [2.45, 2.75) is 6.04 Å². The Morgan fingerprint density at radius 1 is 1.15 bits per heavy atom. The molecule has 0 saturated heterocycles. The first-order chi connectivity index (χ1) is 9.58. The van der Waals surface area contributed by atoms with E-state index in [0.29, 0.717) is 5.56 Å². The molecule has 102 valence electrons. The number of hydrogen-bond donors (Lipinski definition) is 3. The molecule has 6 heteroatoms. The van der Waals surface area contributed by atoms with Crippen LogP contribution in [0.15, 0.2) is 53.5 Å². The van der Waals surface area contributed by atoms with Gasteiger partial charge in [0.25, 0.3) is 5.91 Å². The van der Waals surface area contributed by atoms with Crippen molar-refractivity contribution in [1.29, 1.82) is 0 Å². The molecule has 0 unspecified atom stereocenters. The summed E-state index contributed by atoms with van der Waals surface area (Å²) in [5.41, 5.74) is 0.137. The smallest absolute Gasteiger partial charge is 0.330 e. The van der Waals surface area contributed by atoms with Crippen LogP contribution in [0.2, 0.25) is 0 Å². The molecule has 2 rings (SSSR count). The van der Waals surface area contributed by atoms with Crippen LogP contribution in [0.3, 0.4) is 0 Å². The minimum Gasteiger partial charge on any atom is -0.479 e. The maximum atomic E-state index is 12.0. The molecule has 3 N–H and O–H groups in total. The normalized spacial score (nSPS) is 11.6. The number of benzene rings is 1. The second-order valence-electron chi connectivity index (χ2n) is 4.10. The third kappa shape index (κ3) is 3.11. The number of rotatable bonds is 4. The van der Waals surface area contributed by atoms with Crippen LogP contribution < -0.4 is 10.9 Å². The van der Waals surface area contributed by atoms with Crippen molar-refractivity contribution >= 4 is 11.9 Å². The number of H-pyrrole nitrogens is 1. The van der Waals surface area contributed by atoms with Crippen molar-refractivity contribution in [2.75, 3.05) is 0 Å². The molecule has 0 fully saturated rings. The number of amides is 1. The highest BCUT2D eigenvalue weighted by atomic mass is 16.4. The maximum Gasteiger partial charge on any atom is 0.330 e. The van der Waals surface area contributed by atoms with Gasteiger partial charge in [-0.15, -0.1) is 0 Å². The predicted molar refractivity (Wildman–Crippen MR) is 71.3 cm³/mol. The molecule has 1 aromatic carbocycles. The number of hydrogen-bond acceptors (Lipinski definition) is 3. The number of pyridine rings is 1. The molecule has 0 spiro atoms. The summed E-state index contributed by atoms with van der Waals surface area (Å²) in [5.74, 6) is -1.79. The largest absolute Gasteiger partial charge is 0.479 e. The Morgan fingerprint density at radius 3 is 2.45 bits per heavy atom. The Morgan fingerprint density at radius 2 is 1.85 bits per heavy atom. The third-order valence-corrected chi connectivity index (χ3v) is 2.69. The van der Waals surface area contributed by atoms with Gasteiger partial charge in [-0.1, -0.05) is 30.3 Å². The molecule has 0 radical (unpaired) electrons. The van der Waals surface area contributed by atoms with E-state index in [-0.39, 0.29) is 5.56 Å². The standard InChI is InChI=1S/C14H12N2O4/c17-11-8-10(6-7-15-11)13(18)16-12(14(19)20)9-4-2-1-3-5-9/h1-8,12H,(H,15,17)(H,16,18)(H,19,20)/t12-/m0/s1. The van der Waals surface area contributed by atoms with Crippen molar-refractivity contribution in [3.8, 4) is 0 Å². The fourth-order valence-electron chi connectivity index (χ4n) is 1.73. The summed E-state index contributed by atoms with van der Waals surface area (Å²) in [5, 5.41) is 11.6. The second kappa shape index (κ2) is 5.83. The number of aliphatic carboxylic acids is 1. The molecule has 2 aromatic rings. The number of aromatic amines is 1. The van der Waals surface area contributed by atoms with E-state index >= 15 is 0 Å². The second-order valence-corrected chi connectivity index (χ2v) is 4.10. The highest BCUT2D eigenvalue weighted by Crippen LogP contribution is 2.13. The van der Waals surface area contributed by atoms with Crippen LogP contribution in [0.25, 0.3) is 0 Å². The number of nitrogens with one attached hydrogen (secondary N) is 2. The lowest BCUT2D eigenvalue weighted by molar-refractivity contribution is -0.139. The first-order valence-corrected chi connectivity index (χ1v) is 5.85. The highest BCUT2D eigenvalue weighted by Gasteiger charge is 2.22. The SMILES string of the molecule is O=C(N[C@H](C(=O)O)c1ccccc1)c1cc[nH]c(=O)c1. The van der Waals surface area contributed by atoms with E-state index in [0.717, 1.165) is 6.07 Å². The van der Waals surface area contributed by atoms with Gasteiger partial charge in [-0.25, -0.2) is 4.79 Å². The molecule has 0 bridgehead atoms. The van der Waals surface area contributed by atoms with Gasteiger partial charge >= 0.3 is 5.97 Å². The number of carbonyl (C=O) groups excluding carboxylic acids is 1. The Kier molecular flexibility index (Phi) is 3.95. The van der Waals surface area contributed by atoms with Gasteiger partial charge < -0.3 is 15.4 Å². The van der Waals surface area contributed by atoms with Gasteiger partial charge in [-0.3, -0.25) is 9.59 Å². The van der Waals surface area contributed by atoms with Crippen LogP contribution in [0.5, 0.6) is 0 Å². The average molecular weight is 272 g/mol. The van der Waals surface area contributed by atoms with Gasteiger partial charge in [0.2, 0.25) is 5.56 Å². The highest BCUT2D eigenvalue weighted by molar-refractivity contribution is 5.96. The van der Waals surface area contributed by atoms with Crippen molar-refractivity contribution in [3.63, 3.8) is 0 Å². The quantitative estimate of drug-likeness (QED) is 0.771. The zero-order valence-electron chi connectivity index (χ0n) is 10.4. The molecule has 0 saturated carbocycles. The van der Waals surface area contributed by atoms with Gasteiger partial charge in [0, 0.05) is 17.8 Å². The van der Waals surface area contributed by atoms with Crippen LogP contribution in [-0.4, -0.2) is 22.0 Å². The van der Waals surface area contributed by atoms with Crippen molar-refractivity contribution in [2.24, 2.45) is 0 Å². The fourth-order valence-corrected chi connectivity index (χ4v) is 1.73. The predicted octanol–water partition coefficient (Wildman–Crippen LogP) is 0.931. The molecular weight excluding hydrogens is 260 g/mol. The molecule has 6 nitrogen and oxygen atoms in total. The molecule has 0 aliphatic carbocycles. The lowest BCUT2D eigenvalue weighted by atomic mass is 10.1. The first kappa shape index (κ1) is 13.5. The van der Waals surface area contributed by atoms with E-state index in [1.165, 1.54) is 12.3 Å². The van der Waals surface area contributed by atoms with Crippen LogP contribution in [0.1, 0.15) is 22.0 Å². The topological polar surface area (TPSA) is 99.3 Å². The van der Waals surface area contributed by atoms with E-state index < -0.39 is 23.5 Å². The number of carbonyl (C=O) groups is 2. The van der Waals surface area contributed by atoms with Gasteiger partial charge in [-0.05, 0) is 11.6 Å².